The third-order valence-corrected chi connectivity index (χ3v) is 10.5. The molecule has 0 saturated heterocycles. The molecule has 4 saturated carbocycles. The molecule has 0 spiro atoms. The van der Waals surface area contributed by atoms with Crippen LogP contribution in [0.25, 0.3) is 0 Å². The van der Waals surface area contributed by atoms with Crippen molar-refractivity contribution < 1.29 is 4.74 Å². The molecule has 0 radical (unpaired) electrons. The van der Waals surface area contributed by atoms with Crippen molar-refractivity contribution >= 4 is 11.9 Å². The van der Waals surface area contributed by atoms with Crippen LogP contribution in [0.2, 0.25) is 0 Å². The zero-order chi connectivity index (χ0) is 25.0. The van der Waals surface area contributed by atoms with E-state index >= 15 is 0 Å². The molecule has 2 aromatic rings. The second-order valence-electron chi connectivity index (χ2n) is 12.6. The lowest BCUT2D eigenvalue weighted by Gasteiger charge is -2.49. The summed E-state index contributed by atoms with van der Waals surface area (Å²) in [7, 11) is 0. The van der Waals surface area contributed by atoms with Crippen LogP contribution in [0, 0.1) is 23.7 Å². The summed E-state index contributed by atoms with van der Waals surface area (Å²) in [5, 5.41) is 0. The van der Waals surface area contributed by atoms with Gasteiger partial charge in [-0.2, -0.15) is 0 Å². The summed E-state index contributed by atoms with van der Waals surface area (Å²) in [6.07, 6.45) is 22.0. The highest BCUT2D eigenvalue weighted by atomic mass is 16.5. The summed E-state index contributed by atoms with van der Waals surface area (Å²) in [5.74, 6) is 6.24. The van der Waals surface area contributed by atoms with Crippen LogP contribution in [0.15, 0.2) is 47.5 Å². The molecule has 0 aromatic heterocycles. The molecule has 5 atom stereocenters. The molecule has 5 unspecified atom stereocenters. The third-order valence-electron chi connectivity index (χ3n) is 10.5. The summed E-state index contributed by atoms with van der Waals surface area (Å²) in [6.45, 7) is 2.86. The maximum Gasteiger partial charge on any atom is 0.131 e. The van der Waals surface area contributed by atoms with Crippen LogP contribution in [0.5, 0.6) is 5.75 Å². The quantitative estimate of drug-likeness (QED) is 0.364. The van der Waals surface area contributed by atoms with Gasteiger partial charge >= 0.3 is 0 Å². The lowest BCUT2D eigenvalue weighted by Crippen LogP contribution is -2.38. The number of hydrogen-bond donors (Lipinski definition) is 0. The Labute approximate surface area is 225 Å². The summed E-state index contributed by atoms with van der Waals surface area (Å²) < 4.78 is 6.55. The lowest BCUT2D eigenvalue weighted by atomic mass is 9.56. The Kier molecular flexibility index (Phi) is 8.00. The molecule has 4 aliphatic rings. The van der Waals surface area contributed by atoms with E-state index < -0.39 is 0 Å². The van der Waals surface area contributed by atoms with E-state index in [2.05, 4.69) is 55.6 Å². The van der Waals surface area contributed by atoms with Gasteiger partial charge in [-0.3, -0.25) is 4.99 Å². The van der Waals surface area contributed by atoms with Crippen molar-refractivity contribution in [1.82, 2.24) is 0 Å². The first kappa shape index (κ1) is 25.2. The summed E-state index contributed by atoms with van der Waals surface area (Å²) in [4.78, 5) is 4.92. The minimum absolute atomic E-state index is 0.649. The van der Waals surface area contributed by atoms with Gasteiger partial charge in [0.2, 0.25) is 0 Å². The largest absolute Gasteiger partial charge is 0.493 e. The Balaban J connectivity index is 1.40. The van der Waals surface area contributed by atoms with Gasteiger partial charge in [-0.1, -0.05) is 82.1 Å². The number of rotatable bonds is 6. The Morgan fingerprint density at radius 3 is 2.30 bits per heavy atom. The molecule has 2 heteroatoms. The number of aliphatic imine (C=N–C) groups is 1. The normalized spacial score (nSPS) is 30.6. The first-order valence-electron chi connectivity index (χ1n) is 15.7. The molecule has 198 valence electrons. The van der Waals surface area contributed by atoms with Gasteiger partial charge in [0.05, 0.1) is 12.3 Å². The molecule has 4 fully saturated rings. The van der Waals surface area contributed by atoms with Gasteiger partial charge < -0.3 is 4.74 Å². The average Bonchev–Trinajstić information content (AvgIpc) is 2.96. The van der Waals surface area contributed by atoms with Crippen molar-refractivity contribution in [1.29, 1.82) is 0 Å². The fourth-order valence-electron chi connectivity index (χ4n) is 8.75. The van der Waals surface area contributed by atoms with Gasteiger partial charge in [0.25, 0.3) is 0 Å². The highest BCUT2D eigenvalue weighted by Crippen LogP contribution is 2.56. The monoisotopic (exact) mass is 497 g/mol. The Hall–Kier alpha value is -2.09. The van der Waals surface area contributed by atoms with E-state index in [9.17, 15) is 0 Å². The molecule has 2 aromatic carbocycles. The molecular formula is C35H47NO. The van der Waals surface area contributed by atoms with E-state index in [4.69, 9.17) is 9.73 Å². The second kappa shape index (κ2) is 11.7. The van der Waals surface area contributed by atoms with E-state index in [0.717, 1.165) is 35.1 Å². The highest BCUT2D eigenvalue weighted by Gasteiger charge is 2.44. The number of ether oxygens (including phenoxy) is 1. The van der Waals surface area contributed by atoms with Crippen molar-refractivity contribution in [2.45, 2.75) is 109 Å². The maximum absolute atomic E-state index is 6.55. The Morgan fingerprint density at radius 1 is 0.784 bits per heavy atom. The van der Waals surface area contributed by atoms with Crippen LogP contribution in [-0.4, -0.2) is 12.8 Å². The Bertz CT molecular complexity index is 1050. The number of fused-ring (bicyclic) bond motifs is 2. The van der Waals surface area contributed by atoms with Crippen LogP contribution in [0.4, 0.5) is 5.69 Å². The third kappa shape index (κ3) is 5.55. The van der Waals surface area contributed by atoms with Crippen LogP contribution in [0.1, 0.15) is 125 Å². The van der Waals surface area contributed by atoms with Crippen molar-refractivity contribution in [3.8, 4) is 5.75 Å². The summed E-state index contributed by atoms with van der Waals surface area (Å²) in [6, 6.07) is 15.5. The molecule has 6 rings (SSSR count). The Morgan fingerprint density at radius 2 is 1.51 bits per heavy atom. The lowest BCUT2D eigenvalue weighted by molar-refractivity contribution is 0.0383. The van der Waals surface area contributed by atoms with Crippen molar-refractivity contribution in [2.75, 3.05) is 6.61 Å². The van der Waals surface area contributed by atoms with E-state index in [0.29, 0.717) is 18.4 Å². The molecule has 0 heterocycles. The zero-order valence-electron chi connectivity index (χ0n) is 23.0. The average molecular weight is 498 g/mol. The fraction of sp³-hybridized carbons (Fsp3) is 0.629. The van der Waals surface area contributed by atoms with Gasteiger partial charge in [-0.25, -0.2) is 0 Å². The van der Waals surface area contributed by atoms with E-state index in [1.807, 2.05) is 0 Å². The standard InChI is InChI=1S/C35H47NO/c1-2-37-35-30(24-36-31-17-7-4-8-18-31)21-29(25-12-5-3-6-13-25)23-34(35)32-19-11-16-28-20-26-14-9-10-15-27(26)22-33(28)32/h4,7-8,17-18,21,23-28,32-33H,2-3,5-6,9-16,19-20,22H2,1H3/b36-24+. The minimum atomic E-state index is 0.649. The van der Waals surface area contributed by atoms with Crippen molar-refractivity contribution in [3.05, 3.63) is 59.2 Å². The van der Waals surface area contributed by atoms with Gasteiger partial charge in [-0.05, 0) is 104 Å². The van der Waals surface area contributed by atoms with Crippen molar-refractivity contribution in [2.24, 2.45) is 28.7 Å². The zero-order valence-corrected chi connectivity index (χ0v) is 23.0. The maximum atomic E-state index is 6.55. The van der Waals surface area contributed by atoms with Gasteiger partial charge in [0.1, 0.15) is 5.75 Å². The van der Waals surface area contributed by atoms with E-state index in [1.165, 1.54) is 101 Å². The van der Waals surface area contributed by atoms with E-state index in [1.54, 1.807) is 5.56 Å². The SMILES string of the molecule is CCOc1c(/C=N/c2ccccc2)cc(C2CCCCC2)cc1C1CCCC2CC3CCCCC3CC21. The van der Waals surface area contributed by atoms with Gasteiger partial charge in [0, 0.05) is 11.8 Å². The van der Waals surface area contributed by atoms with Gasteiger partial charge in [-0.15, -0.1) is 0 Å². The molecule has 0 bridgehead atoms. The number of benzene rings is 2. The summed E-state index contributed by atoms with van der Waals surface area (Å²) >= 11 is 0. The molecule has 0 aliphatic heterocycles. The smallest absolute Gasteiger partial charge is 0.131 e. The molecule has 37 heavy (non-hydrogen) atoms. The number of para-hydroxylation sites is 1. The molecule has 0 amide bonds. The molecule has 4 aliphatic carbocycles. The molecule has 2 nitrogen and oxygen atoms in total. The predicted molar refractivity (Wildman–Crippen MR) is 155 cm³/mol. The van der Waals surface area contributed by atoms with Crippen LogP contribution >= 0.6 is 0 Å². The minimum Gasteiger partial charge on any atom is -0.493 e. The van der Waals surface area contributed by atoms with Gasteiger partial charge in [0.15, 0.2) is 0 Å². The molecular weight excluding hydrogens is 450 g/mol. The van der Waals surface area contributed by atoms with Crippen LogP contribution < -0.4 is 4.74 Å². The van der Waals surface area contributed by atoms with E-state index in [-0.39, 0.29) is 0 Å². The second-order valence-corrected chi connectivity index (χ2v) is 12.6. The fourth-order valence-corrected chi connectivity index (χ4v) is 8.75. The first-order valence-corrected chi connectivity index (χ1v) is 15.7. The van der Waals surface area contributed by atoms with Crippen LogP contribution in [0.3, 0.4) is 0 Å². The first-order chi connectivity index (χ1) is 18.3. The van der Waals surface area contributed by atoms with Crippen LogP contribution in [-0.2, 0) is 0 Å². The highest BCUT2D eigenvalue weighted by molar-refractivity contribution is 5.87. The molecule has 0 N–H and O–H groups in total. The predicted octanol–water partition coefficient (Wildman–Crippen LogP) is 9.98. The van der Waals surface area contributed by atoms with Crippen molar-refractivity contribution in [3.63, 3.8) is 0 Å². The number of hydrogen-bond acceptors (Lipinski definition) is 2. The number of nitrogens with zero attached hydrogens (tertiary/aromatic N) is 1. The topological polar surface area (TPSA) is 21.6 Å². The summed E-state index contributed by atoms with van der Waals surface area (Å²) in [5.41, 5.74) is 5.31.